The van der Waals surface area contributed by atoms with E-state index < -0.39 is 61.4 Å². The third-order valence-electron chi connectivity index (χ3n) is 7.74. The smallest absolute Gasteiger partial charge is 0.417 e. The van der Waals surface area contributed by atoms with Gasteiger partial charge in [-0.2, -0.15) is 17.6 Å². The van der Waals surface area contributed by atoms with Crippen molar-refractivity contribution < 1.29 is 45.8 Å². The van der Waals surface area contributed by atoms with Crippen LogP contribution in [0.1, 0.15) is 66.9 Å². The van der Waals surface area contributed by atoms with Crippen molar-refractivity contribution in [3.63, 3.8) is 0 Å². The quantitative estimate of drug-likeness (QED) is 0.196. The maximum atomic E-state index is 14.9. The number of alkyl halides is 3. The summed E-state index contributed by atoms with van der Waals surface area (Å²) < 4.78 is 87.5. The Morgan fingerprint density at radius 2 is 1.61 bits per heavy atom. The first-order chi connectivity index (χ1) is 16.4. The second-order valence-electron chi connectivity index (χ2n) is 10.6. The van der Waals surface area contributed by atoms with Crippen LogP contribution in [0.3, 0.4) is 0 Å². The number of carboxylic acid groups (broad SMARTS) is 1. The standard InChI is InChI=1S/C25H37F5O5Si/c1-13(2)36(14(3)4,15(5)6)34-12-11-33-21-17(9-10-18(26)20(21)27)19-16(7)24(8,25(28,29)30)35-22(19)23(31)32/h9-10,13-16,19,22H,11-12H2,1-8H3,(H,31,32)/t16-,19-,22+,24+/m0/s1. The fourth-order valence-corrected chi connectivity index (χ4v) is 11.3. The molecule has 1 N–H and O–H groups in total. The lowest BCUT2D eigenvalue weighted by atomic mass is 9.77. The largest absolute Gasteiger partial charge is 0.488 e. The first-order valence-electron chi connectivity index (χ1n) is 12.1. The number of benzene rings is 1. The lowest BCUT2D eigenvalue weighted by molar-refractivity contribution is -0.273. The van der Waals surface area contributed by atoms with Gasteiger partial charge in [0.15, 0.2) is 31.6 Å². The highest BCUT2D eigenvalue weighted by Crippen LogP contribution is 2.55. The summed E-state index contributed by atoms with van der Waals surface area (Å²) in [5.41, 5.74) is -2.18. The Morgan fingerprint density at radius 3 is 2.06 bits per heavy atom. The van der Waals surface area contributed by atoms with Gasteiger partial charge in [-0.25, -0.2) is 9.18 Å². The molecule has 0 saturated carbocycles. The van der Waals surface area contributed by atoms with E-state index in [1.165, 1.54) is 6.92 Å². The van der Waals surface area contributed by atoms with Crippen LogP contribution in [0.5, 0.6) is 5.75 Å². The Kier molecular flexibility index (Phi) is 9.27. The lowest BCUT2D eigenvalue weighted by Crippen LogP contribution is -2.48. The number of carboxylic acids is 1. The van der Waals surface area contributed by atoms with Crippen LogP contribution in [-0.4, -0.2) is 50.5 Å². The zero-order valence-corrected chi connectivity index (χ0v) is 23.0. The van der Waals surface area contributed by atoms with Gasteiger partial charge in [-0.05, 0) is 29.6 Å². The van der Waals surface area contributed by atoms with Crippen molar-refractivity contribution in [2.24, 2.45) is 5.92 Å². The summed E-state index contributed by atoms with van der Waals surface area (Å²) in [6.07, 6.45) is -6.82. The van der Waals surface area contributed by atoms with Gasteiger partial charge in [-0.1, -0.05) is 54.5 Å². The van der Waals surface area contributed by atoms with Gasteiger partial charge in [0, 0.05) is 17.4 Å². The molecule has 5 nitrogen and oxygen atoms in total. The molecule has 0 radical (unpaired) electrons. The summed E-state index contributed by atoms with van der Waals surface area (Å²) >= 11 is 0. The van der Waals surface area contributed by atoms with E-state index in [1.54, 1.807) is 0 Å². The molecule has 1 aromatic carbocycles. The average Bonchev–Trinajstić information content (AvgIpc) is 3.02. The highest BCUT2D eigenvalue weighted by molar-refractivity contribution is 6.77. The minimum atomic E-state index is -4.89. The molecule has 1 aliphatic heterocycles. The van der Waals surface area contributed by atoms with Crippen molar-refractivity contribution in [3.8, 4) is 5.75 Å². The van der Waals surface area contributed by atoms with Gasteiger partial charge in [0.05, 0.1) is 6.61 Å². The number of halogens is 5. The lowest BCUT2D eigenvalue weighted by Gasteiger charge is -2.42. The first-order valence-corrected chi connectivity index (χ1v) is 14.3. The van der Waals surface area contributed by atoms with E-state index >= 15 is 0 Å². The van der Waals surface area contributed by atoms with E-state index in [-0.39, 0.29) is 35.4 Å². The second kappa shape index (κ2) is 10.9. The van der Waals surface area contributed by atoms with Gasteiger partial charge in [0.2, 0.25) is 5.82 Å². The molecular weight excluding hydrogens is 503 g/mol. The van der Waals surface area contributed by atoms with Crippen LogP contribution in [0.25, 0.3) is 0 Å². The molecule has 2 rings (SSSR count). The maximum absolute atomic E-state index is 14.9. The summed E-state index contributed by atoms with van der Waals surface area (Å²) in [5, 5.41) is 9.62. The molecule has 1 fully saturated rings. The zero-order chi connectivity index (χ0) is 27.8. The second-order valence-corrected chi connectivity index (χ2v) is 16.1. The highest BCUT2D eigenvalue weighted by Gasteiger charge is 2.66. The van der Waals surface area contributed by atoms with Crippen LogP contribution in [0.15, 0.2) is 12.1 Å². The maximum Gasteiger partial charge on any atom is 0.417 e. The molecule has 1 aliphatic rings. The number of rotatable bonds is 10. The van der Waals surface area contributed by atoms with Crippen molar-refractivity contribution >= 4 is 14.3 Å². The number of carbonyl (C=O) groups is 1. The number of hydrogen-bond acceptors (Lipinski definition) is 4. The number of ether oxygens (including phenoxy) is 2. The van der Waals surface area contributed by atoms with Gasteiger partial charge in [0.25, 0.3) is 0 Å². The molecule has 4 atom stereocenters. The van der Waals surface area contributed by atoms with Gasteiger partial charge < -0.3 is 19.0 Å². The molecule has 1 heterocycles. The molecule has 1 aromatic rings. The van der Waals surface area contributed by atoms with Gasteiger partial charge in [-0.15, -0.1) is 0 Å². The van der Waals surface area contributed by atoms with Crippen molar-refractivity contribution in [1.82, 2.24) is 0 Å². The van der Waals surface area contributed by atoms with E-state index in [0.29, 0.717) is 0 Å². The minimum absolute atomic E-state index is 0.0650. The third kappa shape index (κ3) is 5.29. The number of aliphatic carboxylic acids is 1. The molecule has 36 heavy (non-hydrogen) atoms. The first kappa shape index (κ1) is 30.5. The molecule has 0 amide bonds. The Morgan fingerprint density at radius 1 is 1.08 bits per heavy atom. The molecule has 0 aliphatic carbocycles. The predicted octanol–water partition coefficient (Wildman–Crippen LogP) is 7.06. The molecule has 0 aromatic heterocycles. The minimum Gasteiger partial charge on any atom is -0.488 e. The Labute approximate surface area is 210 Å². The molecule has 0 bridgehead atoms. The molecular formula is C25H37F5O5Si. The fraction of sp³-hybridized carbons (Fsp3) is 0.720. The van der Waals surface area contributed by atoms with Gasteiger partial charge in [-0.3, -0.25) is 0 Å². The van der Waals surface area contributed by atoms with Crippen LogP contribution < -0.4 is 4.74 Å². The molecule has 206 valence electrons. The van der Waals surface area contributed by atoms with Crippen molar-refractivity contribution in [1.29, 1.82) is 0 Å². The van der Waals surface area contributed by atoms with Crippen LogP contribution in [0.2, 0.25) is 16.6 Å². The summed E-state index contributed by atoms with van der Waals surface area (Å²) in [4.78, 5) is 11.9. The van der Waals surface area contributed by atoms with Crippen molar-refractivity contribution in [2.45, 2.75) is 95.8 Å². The molecule has 0 spiro atoms. The SMILES string of the molecule is CC(C)[Si](OCCOc1c([C@H]2[C@H](C(=O)O)O[C@@](C)(C(F)(F)F)[C@H]2C)ccc(F)c1F)(C(C)C)C(C)C. The van der Waals surface area contributed by atoms with Crippen molar-refractivity contribution in [3.05, 3.63) is 29.3 Å². The molecule has 1 saturated heterocycles. The topological polar surface area (TPSA) is 65.0 Å². The summed E-state index contributed by atoms with van der Waals surface area (Å²) in [7, 11) is -2.28. The summed E-state index contributed by atoms with van der Waals surface area (Å²) in [6.45, 7) is 14.3. The number of hydrogen-bond donors (Lipinski definition) is 1. The Balaban J connectivity index is 2.41. The normalized spacial score (nSPS) is 25.3. The van der Waals surface area contributed by atoms with E-state index in [9.17, 15) is 31.9 Å². The van der Waals surface area contributed by atoms with Crippen LogP contribution in [-0.2, 0) is 14.0 Å². The summed E-state index contributed by atoms with van der Waals surface area (Å²) in [6, 6.07) is 1.81. The van der Waals surface area contributed by atoms with Crippen molar-refractivity contribution in [2.75, 3.05) is 13.2 Å². The Bertz CT molecular complexity index is 914. The summed E-state index contributed by atoms with van der Waals surface area (Å²) in [5.74, 6) is -7.78. The van der Waals surface area contributed by atoms with E-state index in [0.717, 1.165) is 19.1 Å². The molecule has 11 heteroatoms. The highest BCUT2D eigenvalue weighted by atomic mass is 28.4. The van der Waals surface area contributed by atoms with Gasteiger partial charge >= 0.3 is 12.1 Å². The van der Waals surface area contributed by atoms with Crippen LogP contribution in [0.4, 0.5) is 22.0 Å². The molecule has 0 unspecified atom stereocenters. The van der Waals surface area contributed by atoms with E-state index in [1.807, 2.05) is 0 Å². The van der Waals surface area contributed by atoms with Crippen LogP contribution in [0, 0.1) is 17.6 Å². The Hall–Kier alpha value is -1.72. The van der Waals surface area contributed by atoms with E-state index in [4.69, 9.17) is 13.9 Å². The average molecular weight is 541 g/mol. The van der Waals surface area contributed by atoms with Crippen LogP contribution >= 0.6 is 0 Å². The van der Waals surface area contributed by atoms with Gasteiger partial charge in [0.1, 0.15) is 6.61 Å². The fourth-order valence-electron chi connectivity index (χ4n) is 5.83. The predicted molar refractivity (Wildman–Crippen MR) is 128 cm³/mol. The van der Waals surface area contributed by atoms with E-state index in [2.05, 4.69) is 41.5 Å². The third-order valence-corrected chi connectivity index (χ3v) is 13.9. The monoisotopic (exact) mass is 540 g/mol. The zero-order valence-electron chi connectivity index (χ0n) is 22.0.